The Morgan fingerprint density at radius 2 is 0.562 bits per heavy atom. The van der Waals surface area contributed by atoms with Gasteiger partial charge < -0.3 is 9.13 Å². The second-order valence-electron chi connectivity index (χ2n) is 32.2. The van der Waals surface area contributed by atoms with Crippen LogP contribution in [-0.4, -0.2) is 19.1 Å². The molecule has 0 saturated heterocycles. The highest BCUT2D eigenvalue weighted by Gasteiger charge is 2.24. The number of thiophene rings is 1. The number of para-hydroxylation sites is 3. The molecule has 4 heterocycles. The molecule has 0 N–H and O–H groups in total. The van der Waals surface area contributed by atoms with Gasteiger partial charge in [-0.1, -0.05) is 328 Å². The Balaban J connectivity index is 0.567. The van der Waals surface area contributed by atoms with Gasteiger partial charge in [0.25, 0.3) is 0 Å². The topological polar surface area (TPSA) is 35.6 Å². The van der Waals surface area contributed by atoms with Gasteiger partial charge in [0.15, 0.2) is 5.82 Å². The van der Waals surface area contributed by atoms with Gasteiger partial charge in [-0.05, 0) is 239 Å². The van der Waals surface area contributed by atoms with Gasteiger partial charge in [-0.15, -0.1) is 11.3 Å². The first-order chi connectivity index (χ1) is 60.0. The molecular formula is C116H70N4S. The summed E-state index contributed by atoms with van der Waals surface area (Å²) in [4.78, 5) is 10.9. The highest BCUT2D eigenvalue weighted by atomic mass is 32.1. The predicted molar refractivity (Wildman–Crippen MR) is 515 cm³/mol. The summed E-state index contributed by atoms with van der Waals surface area (Å²) in [7, 11) is 0. The Kier molecular flexibility index (Phi) is 15.6. The maximum absolute atomic E-state index is 5.45. The SMILES string of the molecule is c1ccc(-c2cc(-c3ccccc3)nc(-c3cc(-n4c5ccccc5c5ccccc54)cc(-n4c5ccccc5c5cc(-c6ccc7c8cc(-c9cccc(-c%10cccc%11c%10sc%10cccc(-c%12ccc%13cc(-c%14c%15ccccc%15c(-c%15ccc%16ccccc%16c%15)c%15ccccc%14%15)ccc%13c%12)c%10%11)c9)ccc8c8ccccc8c7c6)ccc54)c3)n2)cc1. The molecular weight excluding hydrogens is 1480 g/mol. The van der Waals surface area contributed by atoms with Gasteiger partial charge in [-0.2, -0.15) is 0 Å². The molecule has 0 saturated carbocycles. The van der Waals surface area contributed by atoms with E-state index in [1.165, 1.54) is 173 Å². The van der Waals surface area contributed by atoms with E-state index in [-0.39, 0.29) is 0 Å². The number of hydrogen-bond acceptors (Lipinski definition) is 3. The Morgan fingerprint density at radius 3 is 1.15 bits per heavy atom. The number of rotatable bonds is 11. The van der Waals surface area contributed by atoms with Crippen LogP contribution in [0.3, 0.4) is 0 Å². The van der Waals surface area contributed by atoms with E-state index >= 15 is 0 Å². The monoisotopic (exact) mass is 1550 g/mol. The third-order valence-corrected chi connectivity index (χ3v) is 26.6. The first-order valence-corrected chi connectivity index (χ1v) is 42.4. The fourth-order valence-electron chi connectivity index (χ4n) is 19.9. The third kappa shape index (κ3) is 11.1. The first-order valence-electron chi connectivity index (χ1n) is 41.6. The standard InChI is InChI=1S/C116H70N4S/c1-3-25-72(26-4-1)105-70-106(73-27-5-2-6-28-73)118-116(117-105)85-64-86(119-107-44-18-15-34-94(107)95-35-16-19-45-108(95)119)69-87(65-85)120-109-46-20-17-36-96(109)104-68-80(56-59-110(104)120)79-55-58-93-102(67-79)91-33-10-9-32-90(91)92-57-54-78(66-103(92)93)75-30-21-31-81(60-75)89-42-22-43-101-114-88(41-23-47-111(114)121-115(89)101)82-51-49-77-63-84(53-50-76(77)61-82)113-99-39-13-11-37-97(99)112(98-38-12-14-40-100(98)113)83-52-48-71-24-7-8-29-74(71)62-83/h1-70H. The van der Waals surface area contributed by atoms with Crippen LogP contribution in [0.5, 0.6) is 0 Å². The molecule has 0 atom stereocenters. The Hall–Kier alpha value is -15.7. The lowest BCUT2D eigenvalue weighted by Gasteiger charge is -2.18. The zero-order valence-electron chi connectivity index (χ0n) is 65.6. The molecule has 4 aromatic heterocycles. The average molecular weight is 1550 g/mol. The molecule has 0 radical (unpaired) electrons. The molecule has 0 aliphatic rings. The quantitative estimate of drug-likeness (QED) is 0.0956. The van der Waals surface area contributed by atoms with Gasteiger partial charge in [0.05, 0.1) is 33.5 Å². The van der Waals surface area contributed by atoms with Crippen LogP contribution in [0.15, 0.2) is 425 Å². The summed E-state index contributed by atoms with van der Waals surface area (Å²) in [6.45, 7) is 0. The minimum absolute atomic E-state index is 0.648. The van der Waals surface area contributed by atoms with E-state index in [2.05, 4.69) is 434 Å². The summed E-state index contributed by atoms with van der Waals surface area (Å²) in [6, 6.07) is 157. The van der Waals surface area contributed by atoms with Crippen LogP contribution in [0.25, 0.3) is 251 Å². The van der Waals surface area contributed by atoms with Crippen molar-refractivity contribution in [1.29, 1.82) is 0 Å². The molecule has 0 fully saturated rings. The summed E-state index contributed by atoms with van der Waals surface area (Å²) in [5, 5.41) is 24.7. The first kappa shape index (κ1) is 68.6. The Morgan fingerprint density at radius 1 is 0.190 bits per heavy atom. The van der Waals surface area contributed by atoms with Crippen LogP contribution < -0.4 is 0 Å². The zero-order chi connectivity index (χ0) is 79.3. The number of aromatic nitrogens is 4. The molecule has 0 aliphatic carbocycles. The van der Waals surface area contributed by atoms with E-state index < -0.39 is 0 Å². The molecule has 4 nitrogen and oxygen atoms in total. The third-order valence-electron chi connectivity index (χ3n) is 25.4. The van der Waals surface area contributed by atoms with Crippen molar-refractivity contribution in [1.82, 2.24) is 19.1 Å². The lowest BCUT2D eigenvalue weighted by atomic mass is 9.85. The van der Waals surface area contributed by atoms with E-state index in [1.807, 2.05) is 11.3 Å². The fraction of sp³-hybridized carbons (Fsp3) is 0. The van der Waals surface area contributed by atoms with Gasteiger partial charge in [-0.25, -0.2) is 9.97 Å². The van der Waals surface area contributed by atoms with Gasteiger partial charge in [0.2, 0.25) is 0 Å². The maximum Gasteiger partial charge on any atom is 0.160 e. The smallest absolute Gasteiger partial charge is 0.160 e. The van der Waals surface area contributed by atoms with Crippen molar-refractivity contribution in [3.05, 3.63) is 425 Å². The second-order valence-corrected chi connectivity index (χ2v) is 33.2. The predicted octanol–water partition coefficient (Wildman–Crippen LogP) is 32.1. The summed E-state index contributed by atoms with van der Waals surface area (Å²) in [5.41, 5.74) is 25.8. The van der Waals surface area contributed by atoms with Crippen molar-refractivity contribution in [3.8, 4) is 112 Å². The number of nitrogens with zero attached hydrogens (tertiary/aromatic N) is 4. The number of benzene rings is 21. The molecule has 21 aromatic carbocycles. The van der Waals surface area contributed by atoms with Gasteiger partial charge in [0.1, 0.15) is 0 Å². The molecule has 0 spiro atoms. The van der Waals surface area contributed by atoms with Crippen LogP contribution in [0.1, 0.15) is 0 Å². The van der Waals surface area contributed by atoms with Gasteiger partial charge in [-0.3, -0.25) is 0 Å². The van der Waals surface area contributed by atoms with Crippen molar-refractivity contribution in [2.75, 3.05) is 0 Å². The maximum atomic E-state index is 5.45. The molecule has 25 rings (SSSR count). The number of fused-ring (bicyclic) bond motifs is 19. The fourth-order valence-corrected chi connectivity index (χ4v) is 21.1. The van der Waals surface area contributed by atoms with Gasteiger partial charge >= 0.3 is 0 Å². The summed E-state index contributed by atoms with van der Waals surface area (Å²) >= 11 is 1.90. The molecule has 0 aliphatic heterocycles. The molecule has 0 bridgehead atoms. The highest BCUT2D eigenvalue weighted by Crippen LogP contribution is 2.50. The van der Waals surface area contributed by atoms with Crippen molar-refractivity contribution in [2.45, 2.75) is 0 Å². The van der Waals surface area contributed by atoms with Crippen molar-refractivity contribution in [3.63, 3.8) is 0 Å². The lowest BCUT2D eigenvalue weighted by Crippen LogP contribution is -2.02. The van der Waals surface area contributed by atoms with E-state index in [0.29, 0.717) is 5.82 Å². The van der Waals surface area contributed by atoms with E-state index in [0.717, 1.165) is 72.6 Å². The zero-order valence-corrected chi connectivity index (χ0v) is 66.4. The Labute approximate surface area is 701 Å². The van der Waals surface area contributed by atoms with Crippen LogP contribution in [0.4, 0.5) is 0 Å². The van der Waals surface area contributed by atoms with E-state index in [1.54, 1.807) is 0 Å². The van der Waals surface area contributed by atoms with Crippen LogP contribution in [0.2, 0.25) is 0 Å². The summed E-state index contributed by atoms with van der Waals surface area (Å²) in [6.07, 6.45) is 0. The van der Waals surface area contributed by atoms with Crippen LogP contribution in [0, 0.1) is 0 Å². The lowest BCUT2D eigenvalue weighted by molar-refractivity contribution is 1.12. The highest BCUT2D eigenvalue weighted by molar-refractivity contribution is 7.26. The Bertz CT molecular complexity index is 8490. The minimum atomic E-state index is 0.648. The van der Waals surface area contributed by atoms with Crippen LogP contribution >= 0.6 is 11.3 Å². The molecule has 0 unspecified atom stereocenters. The van der Waals surface area contributed by atoms with Gasteiger partial charge in [0, 0.05) is 69.8 Å². The number of hydrogen-bond donors (Lipinski definition) is 0. The molecule has 121 heavy (non-hydrogen) atoms. The normalized spacial score (nSPS) is 12.0. The molecule has 0 amide bonds. The molecule has 5 heteroatoms. The van der Waals surface area contributed by atoms with Crippen molar-refractivity contribution in [2.24, 2.45) is 0 Å². The average Bonchev–Trinajstić information content (AvgIpc) is 1.65. The largest absolute Gasteiger partial charge is 0.309 e. The van der Waals surface area contributed by atoms with Crippen molar-refractivity contribution < 1.29 is 0 Å². The molecule has 25 aromatic rings. The second kappa shape index (κ2) is 27.5. The summed E-state index contributed by atoms with van der Waals surface area (Å²) < 4.78 is 7.43. The molecule has 560 valence electrons. The van der Waals surface area contributed by atoms with Crippen LogP contribution in [-0.2, 0) is 0 Å². The summed E-state index contributed by atoms with van der Waals surface area (Å²) in [5.74, 6) is 0.648. The van der Waals surface area contributed by atoms with E-state index in [4.69, 9.17) is 9.97 Å². The minimum Gasteiger partial charge on any atom is -0.309 e. The van der Waals surface area contributed by atoms with Crippen molar-refractivity contribution >= 4 is 151 Å². The van der Waals surface area contributed by atoms with E-state index in [9.17, 15) is 0 Å².